The summed E-state index contributed by atoms with van der Waals surface area (Å²) >= 11 is 0. The SMILES string of the molecule is O=C1Nc2ccccc2N=C(c2ccccc2)C1N1CCc2ccccc2C1. The van der Waals surface area contributed by atoms with E-state index in [2.05, 4.69) is 34.5 Å². The van der Waals surface area contributed by atoms with Crippen molar-refractivity contribution in [1.29, 1.82) is 0 Å². The van der Waals surface area contributed by atoms with Gasteiger partial charge in [0.15, 0.2) is 0 Å². The molecule has 0 fully saturated rings. The van der Waals surface area contributed by atoms with Crippen molar-refractivity contribution in [3.8, 4) is 0 Å². The summed E-state index contributed by atoms with van der Waals surface area (Å²) in [5, 5.41) is 3.10. The largest absolute Gasteiger partial charge is 0.322 e. The second kappa shape index (κ2) is 7.06. The molecule has 2 heterocycles. The Balaban J connectivity index is 1.60. The van der Waals surface area contributed by atoms with Gasteiger partial charge in [-0.15, -0.1) is 0 Å². The number of carbonyl (C=O) groups excluding carboxylic acids is 1. The molecule has 5 rings (SSSR count). The van der Waals surface area contributed by atoms with Gasteiger partial charge in [-0.25, -0.2) is 4.99 Å². The molecule has 1 amide bonds. The third kappa shape index (κ3) is 3.02. The van der Waals surface area contributed by atoms with Crippen molar-refractivity contribution in [3.05, 3.63) is 95.6 Å². The third-order valence-electron chi connectivity index (χ3n) is 5.51. The summed E-state index contributed by atoms with van der Waals surface area (Å²) in [6, 6.07) is 25.8. The van der Waals surface area contributed by atoms with E-state index in [9.17, 15) is 4.79 Å². The van der Waals surface area contributed by atoms with E-state index in [0.717, 1.165) is 42.2 Å². The van der Waals surface area contributed by atoms with E-state index in [4.69, 9.17) is 4.99 Å². The maximum absolute atomic E-state index is 13.3. The Morgan fingerprint density at radius 2 is 1.57 bits per heavy atom. The summed E-state index contributed by atoms with van der Waals surface area (Å²) in [5.41, 5.74) is 6.01. The fourth-order valence-corrected chi connectivity index (χ4v) is 4.10. The Kier molecular flexibility index (Phi) is 4.26. The van der Waals surface area contributed by atoms with Gasteiger partial charge in [-0.1, -0.05) is 66.7 Å². The van der Waals surface area contributed by atoms with Gasteiger partial charge in [-0.3, -0.25) is 9.69 Å². The Morgan fingerprint density at radius 1 is 0.857 bits per heavy atom. The lowest BCUT2D eigenvalue weighted by Crippen LogP contribution is -2.50. The standard InChI is InChI=1S/C24H21N3O/c28-24-23(27-15-14-17-8-4-5-11-19(17)16-27)22(18-9-2-1-3-10-18)25-20-12-6-7-13-21(20)26-24/h1-13,23H,14-16H2,(H,26,28). The third-order valence-corrected chi connectivity index (χ3v) is 5.51. The molecule has 0 bridgehead atoms. The lowest BCUT2D eigenvalue weighted by Gasteiger charge is -2.34. The molecule has 4 heteroatoms. The van der Waals surface area contributed by atoms with Crippen LogP contribution in [0.3, 0.4) is 0 Å². The summed E-state index contributed by atoms with van der Waals surface area (Å²) in [5.74, 6) is -0.0214. The Hall–Kier alpha value is -3.24. The molecule has 0 spiro atoms. The van der Waals surface area contributed by atoms with Gasteiger partial charge < -0.3 is 5.32 Å². The molecule has 4 nitrogen and oxygen atoms in total. The van der Waals surface area contributed by atoms with Crippen LogP contribution in [0.1, 0.15) is 16.7 Å². The second-order valence-corrected chi connectivity index (χ2v) is 7.26. The van der Waals surface area contributed by atoms with E-state index in [-0.39, 0.29) is 5.91 Å². The highest BCUT2D eigenvalue weighted by atomic mass is 16.2. The summed E-state index contributed by atoms with van der Waals surface area (Å²) < 4.78 is 0. The lowest BCUT2D eigenvalue weighted by molar-refractivity contribution is -0.119. The zero-order chi connectivity index (χ0) is 18.9. The molecule has 1 unspecified atom stereocenters. The van der Waals surface area contributed by atoms with Crippen LogP contribution in [0.4, 0.5) is 11.4 Å². The predicted octanol–water partition coefficient (Wildman–Crippen LogP) is 4.19. The highest BCUT2D eigenvalue weighted by Crippen LogP contribution is 2.31. The van der Waals surface area contributed by atoms with Crippen LogP contribution in [0, 0.1) is 0 Å². The minimum absolute atomic E-state index is 0.0214. The molecule has 1 atom stereocenters. The number of benzene rings is 3. The number of nitrogens with zero attached hydrogens (tertiary/aromatic N) is 2. The average Bonchev–Trinajstić information content (AvgIpc) is 2.89. The lowest BCUT2D eigenvalue weighted by atomic mass is 9.95. The van der Waals surface area contributed by atoms with Crippen molar-refractivity contribution in [3.63, 3.8) is 0 Å². The van der Waals surface area contributed by atoms with Gasteiger partial charge in [-0.2, -0.15) is 0 Å². The van der Waals surface area contributed by atoms with Gasteiger partial charge in [-0.05, 0) is 35.2 Å². The second-order valence-electron chi connectivity index (χ2n) is 7.26. The molecule has 1 N–H and O–H groups in total. The molecule has 0 radical (unpaired) electrons. The average molecular weight is 367 g/mol. The zero-order valence-electron chi connectivity index (χ0n) is 15.5. The number of carbonyl (C=O) groups is 1. The molecule has 3 aromatic carbocycles. The number of aliphatic imine (C=N–C) groups is 1. The number of hydrogen-bond acceptors (Lipinski definition) is 3. The minimum atomic E-state index is -0.428. The molecule has 2 aliphatic rings. The maximum atomic E-state index is 13.3. The molecule has 0 aliphatic carbocycles. The van der Waals surface area contributed by atoms with E-state index >= 15 is 0 Å². The number of anilines is 1. The van der Waals surface area contributed by atoms with Crippen LogP contribution >= 0.6 is 0 Å². The van der Waals surface area contributed by atoms with Gasteiger partial charge in [0.2, 0.25) is 5.91 Å². The first-order valence-electron chi connectivity index (χ1n) is 9.64. The molecular weight excluding hydrogens is 346 g/mol. The van der Waals surface area contributed by atoms with Crippen LogP contribution in [-0.4, -0.2) is 29.1 Å². The first kappa shape index (κ1) is 16.9. The van der Waals surface area contributed by atoms with Gasteiger partial charge in [0.05, 0.1) is 17.1 Å². The van der Waals surface area contributed by atoms with Crippen LogP contribution in [0.15, 0.2) is 83.9 Å². The van der Waals surface area contributed by atoms with E-state index in [0.29, 0.717) is 0 Å². The molecule has 0 saturated carbocycles. The topological polar surface area (TPSA) is 44.7 Å². The number of amides is 1. The Bertz CT molecular complexity index is 1060. The molecule has 28 heavy (non-hydrogen) atoms. The summed E-state index contributed by atoms with van der Waals surface area (Å²) in [4.78, 5) is 20.5. The number of nitrogens with one attached hydrogen (secondary N) is 1. The number of para-hydroxylation sites is 2. The van der Waals surface area contributed by atoms with Crippen molar-refractivity contribution in [2.75, 3.05) is 11.9 Å². The molecule has 0 saturated heterocycles. The number of rotatable bonds is 2. The fraction of sp³-hybridized carbons (Fsp3) is 0.167. The van der Waals surface area contributed by atoms with Gasteiger partial charge >= 0.3 is 0 Å². The highest BCUT2D eigenvalue weighted by molar-refractivity contribution is 6.22. The fourth-order valence-electron chi connectivity index (χ4n) is 4.10. The monoisotopic (exact) mass is 367 g/mol. The summed E-state index contributed by atoms with van der Waals surface area (Å²) in [6.07, 6.45) is 0.939. The van der Waals surface area contributed by atoms with E-state index in [1.165, 1.54) is 11.1 Å². The van der Waals surface area contributed by atoms with Gasteiger partial charge in [0.25, 0.3) is 0 Å². The van der Waals surface area contributed by atoms with Crippen molar-refractivity contribution < 1.29 is 4.79 Å². The first-order valence-corrected chi connectivity index (χ1v) is 9.64. The van der Waals surface area contributed by atoms with Gasteiger partial charge in [0.1, 0.15) is 6.04 Å². The van der Waals surface area contributed by atoms with Gasteiger partial charge in [0, 0.05) is 13.1 Å². The first-order chi connectivity index (χ1) is 13.8. The van der Waals surface area contributed by atoms with Crippen LogP contribution in [0.2, 0.25) is 0 Å². The summed E-state index contributed by atoms with van der Waals surface area (Å²) in [6.45, 7) is 1.58. The number of hydrogen-bond donors (Lipinski definition) is 1. The molecular formula is C24H21N3O. The molecule has 138 valence electrons. The normalized spacial score (nSPS) is 19.1. The van der Waals surface area contributed by atoms with E-state index in [1.807, 2.05) is 54.6 Å². The Morgan fingerprint density at radius 3 is 2.43 bits per heavy atom. The van der Waals surface area contributed by atoms with Crippen LogP contribution < -0.4 is 5.32 Å². The summed E-state index contributed by atoms with van der Waals surface area (Å²) in [7, 11) is 0. The van der Waals surface area contributed by atoms with Crippen LogP contribution in [0.25, 0.3) is 0 Å². The zero-order valence-corrected chi connectivity index (χ0v) is 15.5. The molecule has 0 aromatic heterocycles. The van der Waals surface area contributed by atoms with Crippen molar-refractivity contribution in [2.45, 2.75) is 19.0 Å². The van der Waals surface area contributed by atoms with Crippen molar-refractivity contribution in [2.24, 2.45) is 4.99 Å². The highest BCUT2D eigenvalue weighted by Gasteiger charge is 2.35. The van der Waals surface area contributed by atoms with Crippen molar-refractivity contribution >= 4 is 23.0 Å². The molecule has 3 aromatic rings. The molecule has 2 aliphatic heterocycles. The Labute approximate surface area is 164 Å². The predicted molar refractivity (Wildman–Crippen MR) is 112 cm³/mol. The number of fused-ring (bicyclic) bond motifs is 2. The van der Waals surface area contributed by atoms with Crippen LogP contribution in [0.5, 0.6) is 0 Å². The van der Waals surface area contributed by atoms with E-state index < -0.39 is 6.04 Å². The quantitative estimate of drug-likeness (QED) is 0.738. The van der Waals surface area contributed by atoms with E-state index in [1.54, 1.807) is 0 Å². The smallest absolute Gasteiger partial charge is 0.248 e. The minimum Gasteiger partial charge on any atom is -0.322 e. The van der Waals surface area contributed by atoms with Crippen molar-refractivity contribution in [1.82, 2.24) is 4.90 Å². The van der Waals surface area contributed by atoms with Crippen LogP contribution in [-0.2, 0) is 17.8 Å². The maximum Gasteiger partial charge on any atom is 0.248 e.